The van der Waals surface area contributed by atoms with Crippen LogP contribution in [0.25, 0.3) is 16.6 Å². The van der Waals surface area contributed by atoms with Crippen LogP contribution in [-0.2, 0) is 25.2 Å². The lowest BCUT2D eigenvalue weighted by atomic mass is 9.61. The molecule has 0 unspecified atom stereocenters. The number of benzene rings is 2. The molecule has 5 rings (SSSR count). The Morgan fingerprint density at radius 2 is 1.85 bits per heavy atom. The van der Waals surface area contributed by atoms with Gasteiger partial charge in [-0.05, 0) is 47.9 Å². The van der Waals surface area contributed by atoms with E-state index in [2.05, 4.69) is 20.5 Å². The molecule has 7 nitrogen and oxygen atoms in total. The fraction of sp³-hybridized carbons (Fsp3) is 0.407. The van der Waals surface area contributed by atoms with E-state index in [1.807, 2.05) is 13.8 Å². The highest BCUT2D eigenvalue weighted by molar-refractivity contribution is 5.82. The third kappa shape index (κ3) is 4.93. The van der Waals surface area contributed by atoms with Gasteiger partial charge in [0.15, 0.2) is 0 Å². The Labute approximate surface area is 220 Å². The summed E-state index contributed by atoms with van der Waals surface area (Å²) in [6, 6.07) is 8.88. The fourth-order valence-electron chi connectivity index (χ4n) is 5.29. The molecule has 0 atom stereocenters. The maximum atomic E-state index is 14.2. The van der Waals surface area contributed by atoms with Gasteiger partial charge in [-0.2, -0.15) is 13.2 Å². The molecule has 0 bridgehead atoms. The predicted molar refractivity (Wildman–Crippen MR) is 135 cm³/mol. The Morgan fingerprint density at radius 1 is 1.10 bits per heavy atom. The van der Waals surface area contributed by atoms with Gasteiger partial charge in [-0.3, -0.25) is 9.36 Å². The lowest BCUT2D eigenvalue weighted by molar-refractivity contribution is -0.136. The molecule has 1 saturated carbocycles. The number of hydrogen-bond donors (Lipinski definition) is 1. The molecule has 4 aromatic rings. The maximum Gasteiger partial charge on any atom is 0.418 e. The monoisotopic (exact) mass is 546 g/mol. The summed E-state index contributed by atoms with van der Waals surface area (Å²) in [5.41, 5.74) is -2.16. The fourth-order valence-corrected chi connectivity index (χ4v) is 5.29. The second kappa shape index (κ2) is 9.51. The Balaban J connectivity index is 1.62. The van der Waals surface area contributed by atoms with Crippen LogP contribution in [0.1, 0.15) is 49.2 Å². The summed E-state index contributed by atoms with van der Waals surface area (Å²) in [6.45, 7) is 4.69. The second-order valence-corrected chi connectivity index (χ2v) is 10.6. The Kier molecular flexibility index (Phi) is 6.56. The van der Waals surface area contributed by atoms with E-state index in [9.17, 15) is 26.7 Å². The lowest BCUT2D eigenvalue weighted by Crippen LogP contribution is -2.51. The molecule has 1 N–H and O–H groups in total. The highest BCUT2D eigenvalue weighted by atomic mass is 19.4. The van der Waals surface area contributed by atoms with Crippen molar-refractivity contribution in [1.82, 2.24) is 29.6 Å². The van der Waals surface area contributed by atoms with E-state index < -0.39 is 47.0 Å². The standard InChI is InChI=1S/C27H27F5N6O/c1-16(2)10-33-11-17-7-20-22(21(8-17)27(30,31)32)34-14-38(23(20)39)19-6-4-5-18(9-19)25(12-26(28,29)13-25)24-36-35-15-37(24)3/h4-9,14-16,33H,10-13H2,1-3H3. The molecular weight excluding hydrogens is 519 g/mol. The summed E-state index contributed by atoms with van der Waals surface area (Å²) in [4.78, 5) is 17.6. The summed E-state index contributed by atoms with van der Waals surface area (Å²) < 4.78 is 72.9. The Bertz CT molecular complexity index is 1580. The van der Waals surface area contributed by atoms with Crippen LogP contribution in [0.5, 0.6) is 0 Å². The minimum absolute atomic E-state index is 0.148. The minimum Gasteiger partial charge on any atom is -0.320 e. The number of aromatic nitrogens is 5. The van der Waals surface area contributed by atoms with E-state index in [1.165, 1.54) is 12.4 Å². The molecular formula is C27H27F5N6O. The highest BCUT2D eigenvalue weighted by Gasteiger charge is 2.60. The van der Waals surface area contributed by atoms with Gasteiger partial charge in [-0.25, -0.2) is 13.8 Å². The Hall–Kier alpha value is -3.67. The van der Waals surface area contributed by atoms with Crippen LogP contribution in [0.2, 0.25) is 0 Å². The van der Waals surface area contributed by atoms with E-state index in [-0.39, 0.29) is 11.9 Å². The molecule has 0 saturated heterocycles. The van der Waals surface area contributed by atoms with Crippen molar-refractivity contribution in [1.29, 1.82) is 0 Å². The average molecular weight is 547 g/mol. The smallest absolute Gasteiger partial charge is 0.320 e. The zero-order chi connectivity index (χ0) is 28.2. The number of aryl methyl sites for hydroxylation is 1. The zero-order valence-corrected chi connectivity index (χ0v) is 21.6. The molecule has 0 radical (unpaired) electrons. The summed E-state index contributed by atoms with van der Waals surface area (Å²) in [5.74, 6) is -2.24. The molecule has 0 amide bonds. The summed E-state index contributed by atoms with van der Waals surface area (Å²) >= 11 is 0. The van der Waals surface area contributed by atoms with Gasteiger partial charge in [0.1, 0.15) is 18.5 Å². The molecule has 1 aliphatic carbocycles. The summed E-state index contributed by atoms with van der Waals surface area (Å²) in [6.07, 6.45) is -3.21. The number of alkyl halides is 5. The Morgan fingerprint density at radius 3 is 2.46 bits per heavy atom. The molecule has 206 valence electrons. The van der Waals surface area contributed by atoms with Crippen LogP contribution in [0.15, 0.2) is 53.8 Å². The van der Waals surface area contributed by atoms with E-state index in [0.29, 0.717) is 35.1 Å². The van der Waals surface area contributed by atoms with Gasteiger partial charge in [0.2, 0.25) is 0 Å². The van der Waals surface area contributed by atoms with Crippen molar-refractivity contribution in [3.63, 3.8) is 0 Å². The SMILES string of the molecule is CC(C)CNCc1cc(C(F)(F)F)c2ncn(-c3cccc(C4(c5nncn5C)CC(F)(F)C4)c3)c(=O)c2c1. The molecule has 2 heterocycles. The van der Waals surface area contributed by atoms with Crippen LogP contribution < -0.4 is 10.9 Å². The molecule has 39 heavy (non-hydrogen) atoms. The zero-order valence-electron chi connectivity index (χ0n) is 21.6. The van der Waals surface area contributed by atoms with Gasteiger partial charge < -0.3 is 9.88 Å². The van der Waals surface area contributed by atoms with E-state index >= 15 is 0 Å². The highest BCUT2D eigenvalue weighted by Crippen LogP contribution is 2.56. The first-order chi connectivity index (χ1) is 18.3. The van der Waals surface area contributed by atoms with Crippen LogP contribution in [0, 0.1) is 5.92 Å². The average Bonchev–Trinajstić information content (AvgIpc) is 3.27. The first-order valence-electron chi connectivity index (χ1n) is 12.5. The number of fused-ring (bicyclic) bond motifs is 1. The first-order valence-corrected chi connectivity index (χ1v) is 12.5. The van der Waals surface area contributed by atoms with Crippen molar-refractivity contribution in [2.24, 2.45) is 13.0 Å². The van der Waals surface area contributed by atoms with E-state index in [1.54, 1.807) is 35.9 Å². The van der Waals surface area contributed by atoms with Gasteiger partial charge in [0.05, 0.1) is 27.6 Å². The molecule has 0 spiro atoms. The predicted octanol–water partition coefficient (Wildman–Crippen LogP) is 4.99. The van der Waals surface area contributed by atoms with Gasteiger partial charge in [-0.15, -0.1) is 10.2 Å². The van der Waals surface area contributed by atoms with Crippen LogP contribution in [0.3, 0.4) is 0 Å². The van der Waals surface area contributed by atoms with Crippen LogP contribution >= 0.6 is 0 Å². The molecule has 0 aliphatic heterocycles. The van der Waals surface area contributed by atoms with Crippen LogP contribution in [-0.4, -0.2) is 36.8 Å². The van der Waals surface area contributed by atoms with Gasteiger partial charge in [-0.1, -0.05) is 26.0 Å². The van der Waals surface area contributed by atoms with Gasteiger partial charge in [0.25, 0.3) is 11.5 Å². The van der Waals surface area contributed by atoms with Crippen molar-refractivity contribution in [3.8, 4) is 5.69 Å². The number of nitrogens with zero attached hydrogens (tertiary/aromatic N) is 5. The number of rotatable bonds is 7. The maximum absolute atomic E-state index is 14.2. The minimum atomic E-state index is -4.71. The molecule has 1 aliphatic rings. The first kappa shape index (κ1) is 26.9. The van der Waals surface area contributed by atoms with Crippen molar-refractivity contribution in [2.75, 3.05) is 6.54 Å². The molecule has 12 heteroatoms. The molecule has 2 aromatic heterocycles. The third-order valence-electron chi connectivity index (χ3n) is 7.05. The van der Waals surface area contributed by atoms with Crippen molar-refractivity contribution < 1.29 is 22.0 Å². The number of nitrogens with one attached hydrogen (secondary N) is 1. The van der Waals surface area contributed by atoms with Crippen LogP contribution in [0.4, 0.5) is 22.0 Å². The van der Waals surface area contributed by atoms with Crippen molar-refractivity contribution in [2.45, 2.75) is 50.7 Å². The van der Waals surface area contributed by atoms with Gasteiger partial charge >= 0.3 is 6.18 Å². The van der Waals surface area contributed by atoms with E-state index in [4.69, 9.17) is 0 Å². The normalized spacial score (nSPS) is 16.5. The largest absolute Gasteiger partial charge is 0.418 e. The van der Waals surface area contributed by atoms with Crippen molar-refractivity contribution >= 4 is 10.9 Å². The molecule has 2 aromatic carbocycles. The van der Waals surface area contributed by atoms with Crippen molar-refractivity contribution in [3.05, 3.63) is 81.9 Å². The second-order valence-electron chi connectivity index (χ2n) is 10.6. The van der Waals surface area contributed by atoms with Gasteiger partial charge in [0, 0.05) is 26.4 Å². The number of hydrogen-bond acceptors (Lipinski definition) is 5. The third-order valence-corrected chi connectivity index (χ3v) is 7.05. The topological polar surface area (TPSA) is 77.6 Å². The quantitative estimate of drug-likeness (QED) is 0.331. The summed E-state index contributed by atoms with van der Waals surface area (Å²) in [5, 5.41) is 10.8. The molecule has 1 fully saturated rings. The lowest BCUT2D eigenvalue weighted by Gasteiger charge is -2.46. The number of halogens is 5. The van der Waals surface area contributed by atoms with E-state index in [0.717, 1.165) is 17.0 Å². The summed E-state index contributed by atoms with van der Waals surface area (Å²) in [7, 11) is 1.67.